The molecule has 0 spiro atoms. The summed E-state index contributed by atoms with van der Waals surface area (Å²) in [6, 6.07) is 6.96. The zero-order valence-corrected chi connectivity index (χ0v) is 15.2. The van der Waals surface area contributed by atoms with E-state index in [-0.39, 0.29) is 23.0 Å². The summed E-state index contributed by atoms with van der Waals surface area (Å²) >= 11 is 1.31. The molecule has 2 rings (SSSR count). The fraction of sp³-hybridized carbons (Fsp3) is 0.562. The van der Waals surface area contributed by atoms with Crippen LogP contribution in [0.3, 0.4) is 0 Å². The fourth-order valence-electron chi connectivity index (χ4n) is 2.67. The van der Waals surface area contributed by atoms with Gasteiger partial charge in [0.1, 0.15) is 0 Å². The van der Waals surface area contributed by atoms with E-state index in [1.54, 1.807) is 29.2 Å². The van der Waals surface area contributed by atoms with Gasteiger partial charge < -0.3 is 10.6 Å². The van der Waals surface area contributed by atoms with E-state index >= 15 is 0 Å². The van der Waals surface area contributed by atoms with E-state index < -0.39 is 9.84 Å². The van der Waals surface area contributed by atoms with Crippen molar-refractivity contribution in [1.82, 2.24) is 4.90 Å². The van der Waals surface area contributed by atoms with Crippen LogP contribution in [0.2, 0.25) is 0 Å². The summed E-state index contributed by atoms with van der Waals surface area (Å²) in [5, 5.41) is -0.335. The number of hydrogen-bond donors (Lipinski definition) is 1. The second-order valence-electron chi connectivity index (χ2n) is 5.86. The van der Waals surface area contributed by atoms with Crippen molar-refractivity contribution in [3.05, 3.63) is 24.3 Å². The highest BCUT2D eigenvalue weighted by Crippen LogP contribution is 2.31. The van der Waals surface area contributed by atoms with Crippen LogP contribution in [-0.4, -0.2) is 49.4 Å². The van der Waals surface area contributed by atoms with Crippen molar-refractivity contribution in [2.45, 2.75) is 47.8 Å². The van der Waals surface area contributed by atoms with Crippen molar-refractivity contribution < 1.29 is 13.2 Å². The van der Waals surface area contributed by atoms with Crippen molar-refractivity contribution in [3.8, 4) is 0 Å². The van der Waals surface area contributed by atoms with Gasteiger partial charge in [0.05, 0.1) is 15.9 Å². The minimum atomic E-state index is -3.31. The van der Waals surface area contributed by atoms with Crippen LogP contribution < -0.4 is 5.73 Å². The van der Waals surface area contributed by atoms with Crippen molar-refractivity contribution in [3.63, 3.8) is 0 Å². The van der Waals surface area contributed by atoms with Gasteiger partial charge in [-0.3, -0.25) is 4.79 Å². The zero-order chi connectivity index (χ0) is 17.0. The Hall–Kier alpha value is -1.05. The Morgan fingerprint density at radius 1 is 1.43 bits per heavy atom. The van der Waals surface area contributed by atoms with E-state index in [0.717, 1.165) is 6.42 Å². The number of likely N-dealkylation sites (tertiary alicyclic amines) is 1. The first-order valence-corrected chi connectivity index (χ1v) is 10.4. The molecule has 1 amide bonds. The number of hydrogen-bond acceptors (Lipinski definition) is 5. The lowest BCUT2D eigenvalue weighted by Crippen LogP contribution is -2.36. The van der Waals surface area contributed by atoms with Crippen LogP contribution in [0, 0.1) is 0 Å². The average Bonchev–Trinajstić information content (AvgIpc) is 2.93. The summed E-state index contributed by atoms with van der Waals surface area (Å²) in [5.74, 6) is 0.138. The summed E-state index contributed by atoms with van der Waals surface area (Å²) in [6.45, 7) is 4.93. The minimum Gasteiger partial charge on any atom is -0.340 e. The second-order valence-corrected chi connectivity index (χ2v) is 9.32. The molecule has 0 aromatic heterocycles. The van der Waals surface area contributed by atoms with Gasteiger partial charge in [0.15, 0.2) is 9.84 Å². The second kappa shape index (κ2) is 7.68. The summed E-state index contributed by atoms with van der Waals surface area (Å²) < 4.78 is 24.8. The van der Waals surface area contributed by atoms with Crippen molar-refractivity contribution in [2.24, 2.45) is 5.73 Å². The molecule has 1 unspecified atom stereocenters. The molecule has 1 heterocycles. The van der Waals surface area contributed by atoms with Crippen molar-refractivity contribution in [1.29, 1.82) is 0 Å². The first-order valence-electron chi connectivity index (χ1n) is 7.88. The standard InChI is InChI=1S/C16H24N2O3S2/c1-3-10-23(20,21)15-7-5-4-6-14(15)22-12(2)16(19)18-9-8-13(17)11-18/h4-7,12-13H,3,8-11,17H2,1-2H3/t12?,13-/m1/s1. The number of benzene rings is 1. The van der Waals surface area contributed by atoms with Crippen LogP contribution in [0.5, 0.6) is 0 Å². The molecule has 0 radical (unpaired) electrons. The highest BCUT2D eigenvalue weighted by molar-refractivity contribution is 8.01. The quantitative estimate of drug-likeness (QED) is 0.788. The zero-order valence-electron chi connectivity index (χ0n) is 13.6. The number of amides is 1. The number of carbonyl (C=O) groups excluding carboxylic acids is 1. The lowest BCUT2D eigenvalue weighted by molar-refractivity contribution is -0.129. The van der Waals surface area contributed by atoms with E-state index in [4.69, 9.17) is 5.73 Å². The predicted octanol–water partition coefficient (Wildman–Crippen LogP) is 1.91. The molecule has 0 bridgehead atoms. The summed E-state index contributed by atoms with van der Waals surface area (Å²) in [4.78, 5) is 15.2. The van der Waals surface area contributed by atoms with Crippen molar-refractivity contribution >= 4 is 27.5 Å². The largest absolute Gasteiger partial charge is 0.340 e. The number of carbonyl (C=O) groups is 1. The molecule has 2 N–H and O–H groups in total. The molecular weight excluding hydrogens is 332 g/mol. The molecule has 2 atom stereocenters. The van der Waals surface area contributed by atoms with Gasteiger partial charge in [-0.25, -0.2) is 8.42 Å². The third-order valence-corrected chi connectivity index (χ3v) is 7.11. The van der Waals surface area contributed by atoms with E-state index in [1.807, 2.05) is 13.8 Å². The third kappa shape index (κ3) is 4.49. The Bertz CT molecular complexity index is 661. The van der Waals surface area contributed by atoms with Crippen molar-refractivity contribution in [2.75, 3.05) is 18.8 Å². The number of sulfone groups is 1. The minimum absolute atomic E-state index is 0.0191. The lowest BCUT2D eigenvalue weighted by atomic mass is 10.3. The molecule has 0 saturated carbocycles. The van der Waals surface area contributed by atoms with Gasteiger partial charge in [0.2, 0.25) is 5.91 Å². The normalized spacial score (nSPS) is 19.8. The van der Waals surface area contributed by atoms with Crippen LogP contribution in [0.4, 0.5) is 0 Å². The maximum Gasteiger partial charge on any atom is 0.235 e. The molecule has 7 heteroatoms. The van der Waals surface area contributed by atoms with Gasteiger partial charge in [-0.15, -0.1) is 11.8 Å². The van der Waals surface area contributed by atoms with E-state index in [0.29, 0.717) is 29.3 Å². The molecule has 1 aromatic carbocycles. The topological polar surface area (TPSA) is 80.5 Å². The molecule has 1 aliphatic rings. The van der Waals surface area contributed by atoms with Gasteiger partial charge in [0, 0.05) is 24.0 Å². The molecule has 5 nitrogen and oxygen atoms in total. The Morgan fingerprint density at radius 3 is 2.74 bits per heavy atom. The maximum atomic E-state index is 12.5. The molecular formula is C16H24N2O3S2. The molecule has 0 aliphatic carbocycles. The monoisotopic (exact) mass is 356 g/mol. The van der Waals surface area contributed by atoms with E-state index in [2.05, 4.69) is 0 Å². The molecule has 1 aromatic rings. The van der Waals surface area contributed by atoms with Gasteiger partial charge in [-0.2, -0.15) is 0 Å². The average molecular weight is 357 g/mol. The first-order chi connectivity index (χ1) is 10.8. The Balaban J connectivity index is 2.15. The number of nitrogens with zero attached hydrogens (tertiary/aromatic N) is 1. The SMILES string of the molecule is CCCS(=O)(=O)c1ccccc1SC(C)C(=O)N1CC[C@@H](N)C1. The number of thioether (sulfide) groups is 1. The molecule has 1 fully saturated rings. The summed E-state index contributed by atoms with van der Waals surface area (Å²) in [6.07, 6.45) is 1.39. The van der Waals surface area contributed by atoms with E-state index in [9.17, 15) is 13.2 Å². The molecule has 23 heavy (non-hydrogen) atoms. The van der Waals surface area contributed by atoms with Gasteiger partial charge in [-0.1, -0.05) is 19.1 Å². The molecule has 128 valence electrons. The first kappa shape index (κ1) is 18.3. The third-order valence-electron chi connectivity index (χ3n) is 3.84. The Kier molecular flexibility index (Phi) is 6.11. The highest BCUT2D eigenvalue weighted by atomic mass is 32.2. The fourth-order valence-corrected chi connectivity index (χ4v) is 5.58. The van der Waals surface area contributed by atoms with Crippen LogP contribution in [0.15, 0.2) is 34.1 Å². The number of rotatable bonds is 6. The maximum absolute atomic E-state index is 12.5. The molecule has 1 aliphatic heterocycles. The molecule has 1 saturated heterocycles. The van der Waals surface area contributed by atoms with Gasteiger partial charge >= 0.3 is 0 Å². The Morgan fingerprint density at radius 2 is 2.13 bits per heavy atom. The van der Waals surface area contributed by atoms with Crippen LogP contribution in [0.1, 0.15) is 26.7 Å². The predicted molar refractivity (Wildman–Crippen MR) is 93.3 cm³/mol. The van der Waals surface area contributed by atoms with Gasteiger partial charge in [0.25, 0.3) is 0 Å². The van der Waals surface area contributed by atoms with Crippen LogP contribution in [-0.2, 0) is 14.6 Å². The lowest BCUT2D eigenvalue weighted by Gasteiger charge is -2.21. The highest BCUT2D eigenvalue weighted by Gasteiger charge is 2.28. The Labute approximate surface area is 142 Å². The van der Waals surface area contributed by atoms with E-state index in [1.165, 1.54) is 11.8 Å². The summed E-state index contributed by atoms with van der Waals surface area (Å²) in [5.41, 5.74) is 5.85. The number of nitrogens with two attached hydrogens (primary N) is 1. The van der Waals surface area contributed by atoms with Crippen LogP contribution >= 0.6 is 11.8 Å². The smallest absolute Gasteiger partial charge is 0.235 e. The summed E-state index contributed by atoms with van der Waals surface area (Å²) in [7, 11) is -3.31. The van der Waals surface area contributed by atoms with Crippen LogP contribution in [0.25, 0.3) is 0 Å². The van der Waals surface area contributed by atoms with Gasteiger partial charge in [-0.05, 0) is 31.9 Å².